The molecule has 0 saturated carbocycles. The van der Waals surface area contributed by atoms with Crippen molar-refractivity contribution in [2.24, 2.45) is 11.5 Å². The standard InChI is InChI=1S/C24H18N2O2/c25-23(27)18-13-7-12-17-20(18)14-19(15-8-3-1-4-9-15)21(22(17)24(26)28)16-10-5-2-6-11-16/h1-14H,(H2,25,27)(H2,26,28). The smallest absolute Gasteiger partial charge is 0.249 e. The number of benzene rings is 4. The maximum Gasteiger partial charge on any atom is 0.249 e. The molecule has 4 nitrogen and oxygen atoms in total. The van der Waals surface area contributed by atoms with Crippen LogP contribution in [-0.4, -0.2) is 11.8 Å². The first-order valence-electron chi connectivity index (χ1n) is 8.88. The second-order valence-electron chi connectivity index (χ2n) is 6.54. The highest BCUT2D eigenvalue weighted by Gasteiger charge is 2.21. The molecular weight excluding hydrogens is 348 g/mol. The van der Waals surface area contributed by atoms with E-state index in [2.05, 4.69) is 0 Å². The molecule has 0 saturated heterocycles. The fraction of sp³-hybridized carbons (Fsp3) is 0. The van der Waals surface area contributed by atoms with E-state index < -0.39 is 11.8 Å². The van der Waals surface area contributed by atoms with Crippen LogP contribution in [0.5, 0.6) is 0 Å². The van der Waals surface area contributed by atoms with E-state index in [-0.39, 0.29) is 0 Å². The first-order chi connectivity index (χ1) is 13.6. The van der Waals surface area contributed by atoms with Gasteiger partial charge < -0.3 is 11.5 Å². The third-order valence-corrected chi connectivity index (χ3v) is 4.84. The van der Waals surface area contributed by atoms with Gasteiger partial charge in [0.15, 0.2) is 0 Å². The van der Waals surface area contributed by atoms with E-state index in [4.69, 9.17) is 11.5 Å². The Labute approximate surface area is 162 Å². The third-order valence-electron chi connectivity index (χ3n) is 4.84. The summed E-state index contributed by atoms with van der Waals surface area (Å²) in [6.07, 6.45) is 0. The van der Waals surface area contributed by atoms with E-state index in [0.717, 1.165) is 22.3 Å². The molecule has 0 atom stereocenters. The van der Waals surface area contributed by atoms with E-state index in [9.17, 15) is 9.59 Å². The summed E-state index contributed by atoms with van der Waals surface area (Å²) in [5, 5.41) is 1.23. The Hall–Kier alpha value is -3.92. The number of carbonyl (C=O) groups excluding carboxylic acids is 2. The second kappa shape index (κ2) is 7.00. The van der Waals surface area contributed by atoms with Gasteiger partial charge in [0.1, 0.15) is 0 Å². The van der Waals surface area contributed by atoms with Crippen molar-refractivity contribution < 1.29 is 9.59 Å². The Morgan fingerprint density at radius 1 is 0.607 bits per heavy atom. The van der Waals surface area contributed by atoms with Crippen LogP contribution in [0.15, 0.2) is 84.9 Å². The molecule has 28 heavy (non-hydrogen) atoms. The lowest BCUT2D eigenvalue weighted by Crippen LogP contribution is -2.16. The molecule has 0 spiro atoms. The Morgan fingerprint density at radius 3 is 1.79 bits per heavy atom. The summed E-state index contributed by atoms with van der Waals surface area (Å²) in [4.78, 5) is 24.6. The second-order valence-corrected chi connectivity index (χ2v) is 6.54. The molecule has 0 aliphatic heterocycles. The number of primary amides is 2. The quantitative estimate of drug-likeness (QED) is 0.562. The maximum atomic E-state index is 12.6. The molecule has 136 valence electrons. The fourth-order valence-electron chi connectivity index (χ4n) is 3.65. The van der Waals surface area contributed by atoms with Gasteiger partial charge in [-0.1, -0.05) is 72.8 Å². The van der Waals surface area contributed by atoms with Gasteiger partial charge in [0.05, 0.1) is 5.56 Å². The van der Waals surface area contributed by atoms with Gasteiger partial charge in [0.25, 0.3) is 0 Å². The van der Waals surface area contributed by atoms with Gasteiger partial charge in [-0.3, -0.25) is 9.59 Å². The zero-order valence-electron chi connectivity index (χ0n) is 15.1. The molecule has 0 bridgehead atoms. The molecule has 0 aromatic heterocycles. The first-order valence-corrected chi connectivity index (χ1v) is 8.88. The van der Waals surface area contributed by atoms with Crippen LogP contribution >= 0.6 is 0 Å². The highest BCUT2D eigenvalue weighted by atomic mass is 16.1. The SMILES string of the molecule is NC(=O)c1cccc2c(C(N)=O)c(-c3ccccc3)c(-c3ccccc3)cc12. The van der Waals surface area contributed by atoms with E-state index >= 15 is 0 Å². The lowest BCUT2D eigenvalue weighted by atomic mass is 9.85. The molecule has 4 aromatic rings. The van der Waals surface area contributed by atoms with Crippen molar-refractivity contribution in [2.45, 2.75) is 0 Å². The van der Waals surface area contributed by atoms with E-state index in [1.54, 1.807) is 18.2 Å². The largest absolute Gasteiger partial charge is 0.366 e. The zero-order chi connectivity index (χ0) is 19.7. The van der Waals surface area contributed by atoms with Crippen LogP contribution in [0, 0.1) is 0 Å². The maximum absolute atomic E-state index is 12.6. The number of hydrogen-bond acceptors (Lipinski definition) is 2. The van der Waals surface area contributed by atoms with Crippen LogP contribution in [0.2, 0.25) is 0 Å². The van der Waals surface area contributed by atoms with Crippen molar-refractivity contribution in [1.82, 2.24) is 0 Å². The van der Waals surface area contributed by atoms with Crippen LogP contribution in [0.25, 0.3) is 33.0 Å². The highest BCUT2D eigenvalue weighted by Crippen LogP contribution is 2.40. The third kappa shape index (κ3) is 2.91. The lowest BCUT2D eigenvalue weighted by molar-refractivity contribution is 0.0992. The van der Waals surface area contributed by atoms with Crippen LogP contribution in [-0.2, 0) is 0 Å². The summed E-state index contributed by atoms with van der Waals surface area (Å²) < 4.78 is 0. The molecule has 0 aliphatic rings. The summed E-state index contributed by atoms with van der Waals surface area (Å²) in [7, 11) is 0. The molecule has 4 aromatic carbocycles. The van der Waals surface area contributed by atoms with Gasteiger partial charge in [0, 0.05) is 11.1 Å². The molecular formula is C24H18N2O2. The summed E-state index contributed by atoms with van der Waals surface area (Å²) in [5.41, 5.74) is 15.5. The van der Waals surface area contributed by atoms with Gasteiger partial charge in [-0.25, -0.2) is 0 Å². The Kier molecular flexibility index (Phi) is 4.38. The highest BCUT2D eigenvalue weighted by molar-refractivity contribution is 6.19. The van der Waals surface area contributed by atoms with Crippen LogP contribution in [0.4, 0.5) is 0 Å². The number of nitrogens with two attached hydrogens (primary N) is 2. The van der Waals surface area contributed by atoms with Crippen molar-refractivity contribution in [2.75, 3.05) is 0 Å². The average molecular weight is 366 g/mol. The number of rotatable bonds is 4. The summed E-state index contributed by atoms with van der Waals surface area (Å²) in [5.74, 6) is -1.10. The monoisotopic (exact) mass is 366 g/mol. The van der Waals surface area contributed by atoms with Crippen molar-refractivity contribution in [3.63, 3.8) is 0 Å². The number of fused-ring (bicyclic) bond motifs is 1. The van der Waals surface area contributed by atoms with Gasteiger partial charge in [-0.05, 0) is 39.6 Å². The average Bonchev–Trinajstić information content (AvgIpc) is 2.72. The molecule has 2 amide bonds. The predicted octanol–water partition coefficient (Wildman–Crippen LogP) is 4.37. The van der Waals surface area contributed by atoms with Crippen LogP contribution in [0.1, 0.15) is 20.7 Å². The van der Waals surface area contributed by atoms with Gasteiger partial charge >= 0.3 is 0 Å². The Balaban J connectivity index is 2.23. The normalized spacial score (nSPS) is 10.7. The molecule has 0 radical (unpaired) electrons. The van der Waals surface area contributed by atoms with E-state index in [1.807, 2.05) is 66.7 Å². The number of hydrogen-bond donors (Lipinski definition) is 2. The van der Waals surface area contributed by atoms with Crippen LogP contribution in [0.3, 0.4) is 0 Å². The summed E-state index contributed by atoms with van der Waals surface area (Å²) in [6, 6.07) is 26.4. The molecule has 0 unspecified atom stereocenters. The first kappa shape index (κ1) is 17.5. The van der Waals surface area contributed by atoms with Crippen molar-refractivity contribution >= 4 is 22.6 Å². The molecule has 0 fully saturated rings. The molecule has 0 aliphatic carbocycles. The predicted molar refractivity (Wildman–Crippen MR) is 112 cm³/mol. The molecule has 4 N–H and O–H groups in total. The fourth-order valence-corrected chi connectivity index (χ4v) is 3.65. The summed E-state index contributed by atoms with van der Waals surface area (Å²) in [6.45, 7) is 0. The molecule has 4 heteroatoms. The minimum atomic E-state index is -0.553. The zero-order valence-corrected chi connectivity index (χ0v) is 15.1. The number of carbonyl (C=O) groups is 2. The van der Waals surface area contributed by atoms with Crippen molar-refractivity contribution in [3.8, 4) is 22.3 Å². The van der Waals surface area contributed by atoms with Crippen molar-refractivity contribution in [1.29, 1.82) is 0 Å². The Bertz CT molecular complexity index is 1200. The molecule has 0 heterocycles. The van der Waals surface area contributed by atoms with Gasteiger partial charge in [-0.15, -0.1) is 0 Å². The summed E-state index contributed by atoms with van der Waals surface area (Å²) >= 11 is 0. The van der Waals surface area contributed by atoms with Crippen molar-refractivity contribution in [3.05, 3.63) is 96.1 Å². The lowest BCUT2D eigenvalue weighted by Gasteiger charge is -2.18. The minimum Gasteiger partial charge on any atom is -0.366 e. The van der Waals surface area contributed by atoms with Crippen LogP contribution < -0.4 is 11.5 Å². The van der Waals surface area contributed by atoms with E-state index in [1.165, 1.54) is 0 Å². The van der Waals surface area contributed by atoms with Gasteiger partial charge in [-0.2, -0.15) is 0 Å². The number of amides is 2. The van der Waals surface area contributed by atoms with Gasteiger partial charge in [0.2, 0.25) is 11.8 Å². The molecule has 4 rings (SSSR count). The Morgan fingerprint density at radius 2 is 1.21 bits per heavy atom. The minimum absolute atomic E-state index is 0.358. The topological polar surface area (TPSA) is 86.2 Å². The van der Waals surface area contributed by atoms with E-state index in [0.29, 0.717) is 21.9 Å².